The average Bonchev–Trinajstić information content (AvgIpc) is 2.73. The van der Waals surface area contributed by atoms with E-state index in [1.165, 1.54) is 6.92 Å². The van der Waals surface area contributed by atoms with Gasteiger partial charge in [0.05, 0.1) is 16.8 Å². The van der Waals surface area contributed by atoms with Gasteiger partial charge in [-0.3, -0.25) is 14.6 Å². The number of aromatic nitrogens is 1. The second-order valence-corrected chi connectivity index (χ2v) is 7.44. The summed E-state index contributed by atoms with van der Waals surface area (Å²) in [5.74, 6) is -0.198. The van der Waals surface area contributed by atoms with Crippen LogP contribution in [0.1, 0.15) is 17.3 Å². The number of pyridine rings is 1. The summed E-state index contributed by atoms with van der Waals surface area (Å²) in [7, 11) is 0. The maximum atomic E-state index is 13.2. The third-order valence-electron chi connectivity index (χ3n) is 5.05. The van der Waals surface area contributed by atoms with Crippen LogP contribution in [-0.4, -0.2) is 47.9 Å². The highest BCUT2D eigenvalue weighted by atomic mass is 35.5. The minimum absolute atomic E-state index is 0.0249. The SMILES string of the molecule is CC(=O)Nc1cccc2c(C(=O)N3CCN(c4cccc(Cl)c4)CC3)ccnc12. The van der Waals surface area contributed by atoms with Crippen LogP contribution in [0.3, 0.4) is 0 Å². The largest absolute Gasteiger partial charge is 0.368 e. The number of carbonyl (C=O) groups is 2. The molecule has 3 aromatic rings. The number of amides is 2. The zero-order chi connectivity index (χ0) is 20.4. The summed E-state index contributed by atoms with van der Waals surface area (Å²) in [5, 5.41) is 4.22. The van der Waals surface area contributed by atoms with Gasteiger partial charge in [0.2, 0.25) is 5.91 Å². The average molecular weight is 409 g/mol. The molecule has 0 bridgehead atoms. The second-order valence-electron chi connectivity index (χ2n) is 7.00. The van der Waals surface area contributed by atoms with Gasteiger partial charge < -0.3 is 15.1 Å². The molecule has 1 aliphatic rings. The van der Waals surface area contributed by atoms with Crippen molar-refractivity contribution < 1.29 is 9.59 Å². The van der Waals surface area contributed by atoms with Crippen molar-refractivity contribution in [2.24, 2.45) is 0 Å². The summed E-state index contributed by atoms with van der Waals surface area (Å²) in [6.45, 7) is 4.19. The number of nitrogens with zero attached hydrogens (tertiary/aromatic N) is 3. The van der Waals surface area contributed by atoms with Crippen LogP contribution in [-0.2, 0) is 4.79 Å². The first-order valence-corrected chi connectivity index (χ1v) is 9.86. The molecule has 29 heavy (non-hydrogen) atoms. The van der Waals surface area contributed by atoms with E-state index in [2.05, 4.69) is 15.2 Å². The minimum Gasteiger partial charge on any atom is -0.368 e. The fourth-order valence-electron chi connectivity index (χ4n) is 3.66. The van der Waals surface area contributed by atoms with Gasteiger partial charge in [-0.2, -0.15) is 0 Å². The number of piperazine rings is 1. The van der Waals surface area contributed by atoms with Gasteiger partial charge in [0.15, 0.2) is 0 Å². The van der Waals surface area contributed by atoms with Crippen molar-refractivity contribution in [2.45, 2.75) is 6.92 Å². The number of fused-ring (bicyclic) bond motifs is 1. The number of rotatable bonds is 3. The van der Waals surface area contributed by atoms with Crippen molar-refractivity contribution >= 4 is 45.7 Å². The number of anilines is 2. The van der Waals surface area contributed by atoms with Crippen molar-refractivity contribution in [3.63, 3.8) is 0 Å². The number of hydrogen-bond acceptors (Lipinski definition) is 4. The van der Waals surface area contributed by atoms with Crippen molar-refractivity contribution in [1.82, 2.24) is 9.88 Å². The van der Waals surface area contributed by atoms with Crippen LogP contribution in [0, 0.1) is 0 Å². The molecule has 1 N–H and O–H groups in total. The Bertz CT molecular complexity index is 1080. The van der Waals surface area contributed by atoms with Gasteiger partial charge >= 0.3 is 0 Å². The molecule has 0 aliphatic carbocycles. The van der Waals surface area contributed by atoms with Gasteiger partial charge in [-0.25, -0.2) is 0 Å². The third kappa shape index (κ3) is 4.03. The quantitative estimate of drug-likeness (QED) is 0.715. The van der Waals surface area contributed by atoms with Crippen molar-refractivity contribution in [2.75, 3.05) is 36.4 Å². The Hall–Kier alpha value is -3.12. The zero-order valence-corrected chi connectivity index (χ0v) is 16.8. The Balaban J connectivity index is 1.55. The van der Waals surface area contributed by atoms with E-state index >= 15 is 0 Å². The Morgan fingerprint density at radius 3 is 2.52 bits per heavy atom. The molecule has 1 aliphatic heterocycles. The first kappa shape index (κ1) is 19.2. The molecule has 1 saturated heterocycles. The molecule has 2 amide bonds. The van der Waals surface area contributed by atoms with Crippen molar-refractivity contribution in [1.29, 1.82) is 0 Å². The smallest absolute Gasteiger partial charge is 0.254 e. The van der Waals surface area contributed by atoms with E-state index in [0.717, 1.165) is 24.2 Å². The van der Waals surface area contributed by atoms with E-state index in [1.807, 2.05) is 41.3 Å². The molecular formula is C22H21ClN4O2. The molecule has 6 nitrogen and oxygen atoms in total. The van der Waals surface area contributed by atoms with E-state index in [9.17, 15) is 9.59 Å². The van der Waals surface area contributed by atoms with E-state index in [1.54, 1.807) is 18.3 Å². The van der Waals surface area contributed by atoms with Crippen LogP contribution in [0.15, 0.2) is 54.7 Å². The van der Waals surface area contributed by atoms with Gasteiger partial charge in [0.25, 0.3) is 5.91 Å². The van der Waals surface area contributed by atoms with Gasteiger partial charge in [-0.1, -0.05) is 29.8 Å². The second kappa shape index (κ2) is 8.09. The topological polar surface area (TPSA) is 65.5 Å². The summed E-state index contributed by atoms with van der Waals surface area (Å²) < 4.78 is 0. The van der Waals surface area contributed by atoms with Crippen LogP contribution in [0.5, 0.6) is 0 Å². The number of nitrogens with one attached hydrogen (secondary N) is 1. The zero-order valence-electron chi connectivity index (χ0n) is 16.1. The summed E-state index contributed by atoms with van der Waals surface area (Å²) in [5.41, 5.74) is 2.89. The van der Waals surface area contributed by atoms with Gasteiger partial charge in [-0.15, -0.1) is 0 Å². The maximum absolute atomic E-state index is 13.2. The Morgan fingerprint density at radius 1 is 1.03 bits per heavy atom. The first-order chi connectivity index (χ1) is 14.0. The number of hydrogen-bond donors (Lipinski definition) is 1. The lowest BCUT2D eigenvalue weighted by Crippen LogP contribution is -2.48. The molecule has 1 aromatic heterocycles. The predicted molar refractivity (Wildman–Crippen MR) is 116 cm³/mol. The molecule has 0 unspecified atom stereocenters. The highest BCUT2D eigenvalue weighted by Gasteiger charge is 2.24. The number of benzene rings is 2. The molecule has 0 spiro atoms. The normalized spacial score (nSPS) is 14.1. The Kier molecular flexibility index (Phi) is 5.36. The van der Waals surface area contributed by atoms with Crippen LogP contribution in [0.25, 0.3) is 10.9 Å². The molecule has 1 fully saturated rings. The standard InChI is InChI=1S/C22H21ClN4O2/c1-15(28)25-20-7-3-6-18-19(8-9-24-21(18)20)22(29)27-12-10-26(11-13-27)17-5-2-4-16(23)14-17/h2-9,14H,10-13H2,1H3,(H,25,28). The molecule has 0 saturated carbocycles. The molecule has 148 valence electrons. The van der Waals surface area contributed by atoms with Gasteiger partial charge in [0.1, 0.15) is 0 Å². The van der Waals surface area contributed by atoms with Crippen LogP contribution >= 0.6 is 11.6 Å². The van der Waals surface area contributed by atoms with E-state index < -0.39 is 0 Å². The highest BCUT2D eigenvalue weighted by Crippen LogP contribution is 2.26. The van der Waals surface area contributed by atoms with Crippen molar-refractivity contribution in [3.8, 4) is 0 Å². The Morgan fingerprint density at radius 2 is 1.79 bits per heavy atom. The van der Waals surface area contributed by atoms with E-state index in [-0.39, 0.29) is 11.8 Å². The molecule has 0 radical (unpaired) electrons. The molecule has 2 aromatic carbocycles. The number of halogens is 1. The molecule has 2 heterocycles. The lowest BCUT2D eigenvalue weighted by atomic mass is 10.1. The number of carbonyl (C=O) groups excluding carboxylic acids is 2. The van der Waals surface area contributed by atoms with Gasteiger partial charge in [-0.05, 0) is 30.3 Å². The predicted octanol–water partition coefficient (Wildman–Crippen LogP) is 3.81. The lowest BCUT2D eigenvalue weighted by molar-refractivity contribution is -0.114. The van der Waals surface area contributed by atoms with E-state index in [4.69, 9.17) is 11.6 Å². The summed E-state index contributed by atoms with van der Waals surface area (Å²) in [6, 6.07) is 15.0. The maximum Gasteiger partial charge on any atom is 0.254 e. The molecule has 0 atom stereocenters. The van der Waals surface area contributed by atoms with Crippen molar-refractivity contribution in [3.05, 3.63) is 65.3 Å². The monoisotopic (exact) mass is 408 g/mol. The Labute approximate surface area is 174 Å². The third-order valence-corrected chi connectivity index (χ3v) is 5.29. The summed E-state index contributed by atoms with van der Waals surface area (Å²) >= 11 is 6.10. The highest BCUT2D eigenvalue weighted by molar-refractivity contribution is 6.30. The summed E-state index contributed by atoms with van der Waals surface area (Å²) in [4.78, 5) is 33.1. The fraction of sp³-hybridized carbons (Fsp3) is 0.227. The molecule has 7 heteroatoms. The lowest BCUT2D eigenvalue weighted by Gasteiger charge is -2.36. The fourth-order valence-corrected chi connectivity index (χ4v) is 3.85. The van der Waals surface area contributed by atoms with Gasteiger partial charge in [0, 0.05) is 55.4 Å². The van der Waals surface area contributed by atoms with Crippen LogP contribution in [0.2, 0.25) is 5.02 Å². The molecular weight excluding hydrogens is 388 g/mol. The summed E-state index contributed by atoms with van der Waals surface area (Å²) in [6.07, 6.45) is 1.61. The minimum atomic E-state index is -0.173. The van der Waals surface area contributed by atoms with Crippen LogP contribution < -0.4 is 10.2 Å². The first-order valence-electron chi connectivity index (χ1n) is 9.48. The van der Waals surface area contributed by atoms with Crippen LogP contribution in [0.4, 0.5) is 11.4 Å². The van der Waals surface area contributed by atoms with E-state index in [0.29, 0.717) is 34.9 Å². The molecule has 4 rings (SSSR count). The number of para-hydroxylation sites is 1.